The summed E-state index contributed by atoms with van der Waals surface area (Å²) >= 11 is 0. The Labute approximate surface area is 124 Å². The number of alkyl carbamates (subject to hydrolysis) is 1. The summed E-state index contributed by atoms with van der Waals surface area (Å²) in [5, 5.41) is 11.7. The number of carboxylic acids is 1. The second kappa shape index (κ2) is 8.26. The fourth-order valence-electron chi connectivity index (χ4n) is 1.83. The molecule has 0 bridgehead atoms. The number of amides is 1. The third-order valence-corrected chi connectivity index (χ3v) is 3.19. The van der Waals surface area contributed by atoms with Crippen molar-refractivity contribution in [3.05, 3.63) is 35.9 Å². The zero-order valence-electron chi connectivity index (χ0n) is 12.2. The Balaban J connectivity index is 2.50. The summed E-state index contributed by atoms with van der Waals surface area (Å²) in [6, 6.07) is 9.19. The average Bonchev–Trinajstić information content (AvgIpc) is 2.46. The minimum Gasteiger partial charge on any atom is -0.480 e. The molecule has 4 N–H and O–H groups in total. The first kappa shape index (κ1) is 17.0. The van der Waals surface area contributed by atoms with Gasteiger partial charge in [0.15, 0.2) is 0 Å². The van der Waals surface area contributed by atoms with Gasteiger partial charge >= 0.3 is 12.1 Å². The van der Waals surface area contributed by atoms with E-state index in [9.17, 15) is 14.7 Å². The maximum atomic E-state index is 11.7. The first-order valence-electron chi connectivity index (χ1n) is 6.90. The van der Waals surface area contributed by atoms with E-state index in [2.05, 4.69) is 5.32 Å². The van der Waals surface area contributed by atoms with Crippen LogP contribution in [-0.2, 0) is 16.1 Å². The number of carboxylic acid groups (broad SMARTS) is 1. The van der Waals surface area contributed by atoms with Crippen molar-refractivity contribution in [1.82, 2.24) is 5.32 Å². The standard InChI is InChI=1S/C15H22N2O4/c1-15(13(18)19,9-5-6-10-16)17-14(20)21-11-12-7-3-2-4-8-12/h2-4,7-8H,5-6,9-11,16H2,1H3,(H,17,20)(H,18,19)/t15-/m0/s1. The molecule has 0 radical (unpaired) electrons. The minimum absolute atomic E-state index is 0.102. The first-order chi connectivity index (χ1) is 9.98. The highest BCUT2D eigenvalue weighted by atomic mass is 16.5. The van der Waals surface area contributed by atoms with Gasteiger partial charge in [0.05, 0.1) is 0 Å². The van der Waals surface area contributed by atoms with Crippen molar-refractivity contribution in [2.75, 3.05) is 6.54 Å². The number of unbranched alkanes of at least 4 members (excludes halogenated alkanes) is 1. The van der Waals surface area contributed by atoms with E-state index in [1.165, 1.54) is 6.92 Å². The molecule has 0 aromatic heterocycles. The van der Waals surface area contributed by atoms with Gasteiger partial charge in [0.25, 0.3) is 0 Å². The van der Waals surface area contributed by atoms with E-state index in [0.717, 1.165) is 5.56 Å². The van der Waals surface area contributed by atoms with Crippen LogP contribution >= 0.6 is 0 Å². The third-order valence-electron chi connectivity index (χ3n) is 3.19. The lowest BCUT2D eigenvalue weighted by Gasteiger charge is -2.25. The number of nitrogens with two attached hydrogens (primary N) is 1. The zero-order chi connectivity index (χ0) is 15.7. The molecule has 0 saturated heterocycles. The topological polar surface area (TPSA) is 102 Å². The van der Waals surface area contributed by atoms with Gasteiger partial charge in [0.2, 0.25) is 0 Å². The third kappa shape index (κ3) is 5.83. The van der Waals surface area contributed by atoms with Gasteiger partial charge in [-0.05, 0) is 38.3 Å². The van der Waals surface area contributed by atoms with Crippen LogP contribution in [0.3, 0.4) is 0 Å². The lowest BCUT2D eigenvalue weighted by atomic mass is 9.95. The highest BCUT2D eigenvalue weighted by Crippen LogP contribution is 2.15. The van der Waals surface area contributed by atoms with Crippen LogP contribution in [0.1, 0.15) is 31.7 Å². The molecule has 21 heavy (non-hydrogen) atoms. The van der Waals surface area contributed by atoms with Crippen molar-refractivity contribution in [2.24, 2.45) is 5.73 Å². The number of benzene rings is 1. The molecule has 6 heteroatoms. The Morgan fingerprint density at radius 3 is 2.52 bits per heavy atom. The fraction of sp³-hybridized carbons (Fsp3) is 0.467. The van der Waals surface area contributed by atoms with Gasteiger partial charge in [0, 0.05) is 0 Å². The highest BCUT2D eigenvalue weighted by Gasteiger charge is 2.34. The number of rotatable bonds is 8. The maximum absolute atomic E-state index is 11.7. The molecule has 0 aliphatic carbocycles. The summed E-state index contributed by atoms with van der Waals surface area (Å²) in [6.45, 7) is 2.06. The van der Waals surface area contributed by atoms with E-state index in [4.69, 9.17) is 10.5 Å². The first-order valence-corrected chi connectivity index (χ1v) is 6.90. The largest absolute Gasteiger partial charge is 0.480 e. The molecule has 0 aliphatic heterocycles. The van der Waals surface area contributed by atoms with Crippen LogP contribution in [0.25, 0.3) is 0 Å². The van der Waals surface area contributed by atoms with E-state index in [1.807, 2.05) is 30.3 Å². The zero-order valence-corrected chi connectivity index (χ0v) is 12.2. The van der Waals surface area contributed by atoms with Crippen LogP contribution in [0.2, 0.25) is 0 Å². The van der Waals surface area contributed by atoms with Crippen molar-refractivity contribution < 1.29 is 19.4 Å². The van der Waals surface area contributed by atoms with Crippen molar-refractivity contribution in [2.45, 2.75) is 38.3 Å². The Morgan fingerprint density at radius 1 is 1.29 bits per heavy atom. The van der Waals surface area contributed by atoms with Crippen LogP contribution in [0.5, 0.6) is 0 Å². The molecular formula is C15H22N2O4. The summed E-state index contributed by atoms with van der Waals surface area (Å²) in [5.74, 6) is -1.09. The molecule has 1 atom stereocenters. The van der Waals surface area contributed by atoms with Crippen LogP contribution < -0.4 is 11.1 Å². The van der Waals surface area contributed by atoms with E-state index >= 15 is 0 Å². The van der Waals surface area contributed by atoms with E-state index in [-0.39, 0.29) is 6.61 Å². The quantitative estimate of drug-likeness (QED) is 0.635. The molecule has 0 fully saturated rings. The Hall–Kier alpha value is -2.08. The molecule has 0 unspecified atom stereocenters. The smallest absolute Gasteiger partial charge is 0.408 e. The molecule has 0 spiro atoms. The average molecular weight is 294 g/mol. The van der Waals surface area contributed by atoms with Crippen LogP contribution in [0.15, 0.2) is 30.3 Å². The van der Waals surface area contributed by atoms with E-state index < -0.39 is 17.6 Å². The number of hydrogen-bond donors (Lipinski definition) is 3. The minimum atomic E-state index is -1.34. The van der Waals surface area contributed by atoms with Crippen molar-refractivity contribution in [3.8, 4) is 0 Å². The van der Waals surface area contributed by atoms with Gasteiger partial charge in [-0.2, -0.15) is 0 Å². The molecule has 6 nitrogen and oxygen atoms in total. The summed E-state index contributed by atoms with van der Waals surface area (Å²) < 4.78 is 5.04. The SMILES string of the molecule is C[C@@](CCCCN)(NC(=O)OCc1ccccc1)C(=O)O. The van der Waals surface area contributed by atoms with Crippen LogP contribution in [0.4, 0.5) is 4.79 Å². The van der Waals surface area contributed by atoms with Gasteiger partial charge in [-0.25, -0.2) is 9.59 Å². The normalized spacial score (nSPS) is 13.2. The predicted molar refractivity (Wildman–Crippen MR) is 78.7 cm³/mol. The second-order valence-electron chi connectivity index (χ2n) is 5.07. The van der Waals surface area contributed by atoms with Crippen LogP contribution in [0, 0.1) is 0 Å². The Morgan fingerprint density at radius 2 is 1.95 bits per heavy atom. The molecule has 0 heterocycles. The molecule has 0 aliphatic rings. The van der Waals surface area contributed by atoms with Gasteiger partial charge in [0.1, 0.15) is 12.1 Å². The number of hydrogen-bond acceptors (Lipinski definition) is 4. The maximum Gasteiger partial charge on any atom is 0.408 e. The number of carbonyl (C=O) groups excluding carboxylic acids is 1. The van der Waals surface area contributed by atoms with Gasteiger partial charge in [-0.1, -0.05) is 30.3 Å². The number of carbonyl (C=O) groups is 2. The molecule has 1 rings (SSSR count). The van der Waals surface area contributed by atoms with Crippen molar-refractivity contribution in [3.63, 3.8) is 0 Å². The lowest BCUT2D eigenvalue weighted by Crippen LogP contribution is -2.52. The molecule has 0 saturated carbocycles. The summed E-state index contributed by atoms with van der Waals surface area (Å²) in [6.07, 6.45) is 0.901. The number of ether oxygens (including phenoxy) is 1. The molecular weight excluding hydrogens is 272 g/mol. The monoisotopic (exact) mass is 294 g/mol. The molecule has 1 aromatic rings. The fourth-order valence-corrected chi connectivity index (χ4v) is 1.83. The van der Waals surface area contributed by atoms with Gasteiger partial charge in [-0.15, -0.1) is 0 Å². The molecule has 1 aromatic carbocycles. The lowest BCUT2D eigenvalue weighted by molar-refractivity contribution is -0.144. The van der Waals surface area contributed by atoms with E-state index in [0.29, 0.717) is 25.8 Å². The Bertz CT molecular complexity index is 464. The summed E-state index contributed by atoms with van der Waals surface area (Å²) in [7, 11) is 0. The van der Waals surface area contributed by atoms with Crippen molar-refractivity contribution in [1.29, 1.82) is 0 Å². The van der Waals surface area contributed by atoms with E-state index in [1.54, 1.807) is 0 Å². The second-order valence-corrected chi connectivity index (χ2v) is 5.07. The van der Waals surface area contributed by atoms with Crippen molar-refractivity contribution >= 4 is 12.1 Å². The number of nitrogens with one attached hydrogen (secondary N) is 1. The molecule has 1 amide bonds. The molecule has 116 valence electrons. The van der Waals surface area contributed by atoms with Gasteiger partial charge < -0.3 is 20.9 Å². The number of aliphatic carboxylic acids is 1. The summed E-state index contributed by atoms with van der Waals surface area (Å²) in [5.41, 5.74) is 4.88. The summed E-state index contributed by atoms with van der Waals surface area (Å²) in [4.78, 5) is 23.1. The van der Waals surface area contributed by atoms with Gasteiger partial charge in [-0.3, -0.25) is 0 Å². The Kier molecular flexibility index (Phi) is 6.68. The highest BCUT2D eigenvalue weighted by molar-refractivity contribution is 5.83. The van der Waals surface area contributed by atoms with Crippen LogP contribution in [-0.4, -0.2) is 29.3 Å². The predicted octanol–water partition coefficient (Wildman–Crippen LogP) is 1.89.